The maximum absolute atomic E-state index is 12.4. The Morgan fingerprint density at radius 2 is 1.79 bits per heavy atom. The second-order valence-corrected chi connectivity index (χ2v) is 8.27. The van der Waals surface area contributed by atoms with Crippen molar-refractivity contribution in [1.29, 1.82) is 0 Å². The third-order valence-electron chi connectivity index (χ3n) is 3.58. The third-order valence-corrected chi connectivity index (χ3v) is 3.58. The molecule has 0 aromatic carbocycles. The van der Waals surface area contributed by atoms with E-state index in [9.17, 15) is 9.59 Å². The molecule has 1 aliphatic rings. The number of carbonyl (C=O) groups is 2. The van der Waals surface area contributed by atoms with Crippen molar-refractivity contribution in [3.8, 4) is 0 Å². The lowest BCUT2D eigenvalue weighted by Gasteiger charge is -2.35. The number of nitrogens with zero attached hydrogens (tertiary/aromatic N) is 3. The van der Waals surface area contributed by atoms with Crippen LogP contribution in [-0.2, 0) is 9.53 Å². The van der Waals surface area contributed by atoms with Crippen LogP contribution < -0.4 is 10.6 Å². The van der Waals surface area contributed by atoms with Crippen molar-refractivity contribution in [3.63, 3.8) is 0 Å². The number of hydrogen-bond donors (Lipinski definition) is 2. The molecule has 8 nitrogen and oxygen atoms in total. The van der Waals surface area contributed by atoms with E-state index in [1.165, 1.54) is 0 Å². The Kier molecular flexibility index (Phi) is 6.49. The third kappa shape index (κ3) is 7.08. The fourth-order valence-corrected chi connectivity index (χ4v) is 2.68. The minimum absolute atomic E-state index is 0.0436. The van der Waals surface area contributed by atoms with Crippen molar-refractivity contribution >= 4 is 12.0 Å². The first-order valence-electron chi connectivity index (χ1n) is 8.27. The van der Waals surface area contributed by atoms with Gasteiger partial charge in [0.1, 0.15) is 5.60 Å². The summed E-state index contributed by atoms with van der Waals surface area (Å²) in [4.78, 5) is 27.2. The molecule has 0 heterocycles. The van der Waals surface area contributed by atoms with Crippen LogP contribution in [0.5, 0.6) is 0 Å². The molecule has 0 aliphatic heterocycles. The summed E-state index contributed by atoms with van der Waals surface area (Å²) in [5.74, 6) is -0.271. The minimum atomic E-state index is -0.615. The zero-order chi connectivity index (χ0) is 18.5. The highest BCUT2D eigenvalue weighted by atomic mass is 16.6. The molecule has 1 aliphatic carbocycles. The predicted octanol–water partition coefficient (Wildman–Crippen LogP) is 3.27. The summed E-state index contributed by atoms with van der Waals surface area (Å²) in [6.07, 6.45) is 1.03. The second kappa shape index (κ2) is 7.75. The maximum Gasteiger partial charge on any atom is 0.407 e. The van der Waals surface area contributed by atoms with E-state index < -0.39 is 17.7 Å². The molecule has 0 unspecified atom stereocenters. The van der Waals surface area contributed by atoms with E-state index in [-0.39, 0.29) is 23.4 Å². The van der Waals surface area contributed by atoms with Crippen LogP contribution in [0.3, 0.4) is 0 Å². The smallest absolute Gasteiger partial charge is 0.407 e. The number of amides is 2. The SMILES string of the molecule is CC(C)(C)NC(=O)[C@H]1CC[C@H](N=[N+]=[N-])[C@H](NC(=O)OC(C)(C)C)C1. The van der Waals surface area contributed by atoms with Crippen LogP contribution in [0.15, 0.2) is 5.11 Å². The van der Waals surface area contributed by atoms with Gasteiger partial charge in [0.15, 0.2) is 0 Å². The Morgan fingerprint density at radius 3 is 2.29 bits per heavy atom. The van der Waals surface area contributed by atoms with Crippen molar-refractivity contribution < 1.29 is 14.3 Å². The van der Waals surface area contributed by atoms with E-state index in [2.05, 4.69) is 20.7 Å². The highest BCUT2D eigenvalue weighted by Gasteiger charge is 2.36. The number of ether oxygens (including phenoxy) is 1. The molecule has 0 aromatic rings. The molecule has 1 saturated carbocycles. The molecular formula is C16H29N5O3. The van der Waals surface area contributed by atoms with Crippen molar-refractivity contribution in [2.45, 2.75) is 84.0 Å². The topological polar surface area (TPSA) is 116 Å². The molecule has 0 aromatic heterocycles. The van der Waals surface area contributed by atoms with Gasteiger partial charge < -0.3 is 15.4 Å². The zero-order valence-electron chi connectivity index (χ0n) is 15.4. The standard InChI is InChI=1S/C16H29N5O3/c1-15(2,3)19-13(22)10-7-8-11(20-21-17)12(9-10)18-14(23)24-16(4,5)6/h10-12H,7-9H2,1-6H3,(H,18,23)(H,19,22)/t10-,11-,12+/m0/s1. The fraction of sp³-hybridized carbons (Fsp3) is 0.875. The normalized spacial score (nSPS) is 24.5. The van der Waals surface area contributed by atoms with E-state index >= 15 is 0 Å². The molecule has 0 bridgehead atoms. The molecule has 136 valence electrons. The lowest BCUT2D eigenvalue weighted by molar-refractivity contribution is -0.127. The molecule has 1 fully saturated rings. The Hall–Kier alpha value is -1.95. The van der Waals surface area contributed by atoms with Crippen molar-refractivity contribution in [3.05, 3.63) is 10.4 Å². The van der Waals surface area contributed by atoms with Gasteiger partial charge in [-0.3, -0.25) is 4.79 Å². The van der Waals surface area contributed by atoms with Crippen LogP contribution in [0.4, 0.5) is 4.79 Å². The quantitative estimate of drug-likeness (QED) is 0.467. The van der Waals surface area contributed by atoms with Crippen LogP contribution in [-0.4, -0.2) is 35.2 Å². The van der Waals surface area contributed by atoms with Gasteiger partial charge in [-0.25, -0.2) is 4.79 Å². The first-order valence-corrected chi connectivity index (χ1v) is 8.27. The number of rotatable bonds is 3. The second-order valence-electron chi connectivity index (χ2n) is 8.27. The first-order chi connectivity index (χ1) is 10.9. The number of carbonyl (C=O) groups excluding carboxylic acids is 2. The van der Waals surface area contributed by atoms with E-state index in [0.717, 1.165) is 0 Å². The highest BCUT2D eigenvalue weighted by molar-refractivity contribution is 5.79. The van der Waals surface area contributed by atoms with Crippen LogP contribution in [0.1, 0.15) is 60.8 Å². The molecule has 0 saturated heterocycles. The number of hydrogen-bond acceptors (Lipinski definition) is 4. The molecule has 3 atom stereocenters. The van der Waals surface area contributed by atoms with Crippen molar-refractivity contribution in [2.24, 2.45) is 11.0 Å². The summed E-state index contributed by atoms with van der Waals surface area (Å²) in [5, 5.41) is 9.47. The average molecular weight is 339 g/mol. The van der Waals surface area contributed by atoms with Gasteiger partial charge >= 0.3 is 6.09 Å². The summed E-state index contributed by atoms with van der Waals surface area (Å²) in [6.45, 7) is 11.1. The van der Waals surface area contributed by atoms with E-state index in [1.54, 1.807) is 20.8 Å². The predicted molar refractivity (Wildman–Crippen MR) is 91.3 cm³/mol. The number of alkyl carbamates (subject to hydrolysis) is 1. The minimum Gasteiger partial charge on any atom is -0.444 e. The monoisotopic (exact) mass is 339 g/mol. The first kappa shape index (κ1) is 20.1. The maximum atomic E-state index is 12.4. The largest absolute Gasteiger partial charge is 0.444 e. The van der Waals surface area contributed by atoms with E-state index in [0.29, 0.717) is 19.3 Å². The summed E-state index contributed by atoms with van der Waals surface area (Å²) < 4.78 is 5.26. The van der Waals surface area contributed by atoms with Gasteiger partial charge in [0.2, 0.25) is 5.91 Å². The van der Waals surface area contributed by atoms with Gasteiger partial charge in [0, 0.05) is 22.4 Å². The average Bonchev–Trinajstić information content (AvgIpc) is 2.36. The Balaban J connectivity index is 2.77. The van der Waals surface area contributed by atoms with Gasteiger partial charge in [0.25, 0.3) is 0 Å². The molecule has 0 radical (unpaired) electrons. The molecule has 2 amide bonds. The van der Waals surface area contributed by atoms with Crippen molar-refractivity contribution in [2.75, 3.05) is 0 Å². The van der Waals surface area contributed by atoms with Gasteiger partial charge in [-0.1, -0.05) is 5.11 Å². The number of nitrogens with one attached hydrogen (secondary N) is 2. The van der Waals surface area contributed by atoms with Gasteiger partial charge in [-0.15, -0.1) is 0 Å². The van der Waals surface area contributed by atoms with Crippen LogP contribution in [0.2, 0.25) is 0 Å². The summed E-state index contributed by atoms with van der Waals surface area (Å²) in [7, 11) is 0. The Bertz CT molecular complexity index is 515. The van der Waals surface area contributed by atoms with Crippen LogP contribution in [0.25, 0.3) is 10.4 Å². The number of azide groups is 1. The molecule has 1 rings (SSSR count). The Labute approximate surface area is 143 Å². The van der Waals surface area contributed by atoms with Gasteiger partial charge in [-0.05, 0) is 66.3 Å². The summed E-state index contributed by atoms with van der Waals surface area (Å²) in [5.41, 5.74) is 7.79. The van der Waals surface area contributed by atoms with Gasteiger partial charge in [-0.2, -0.15) is 0 Å². The summed E-state index contributed by atoms with van der Waals surface area (Å²) in [6, 6.07) is -0.790. The molecule has 24 heavy (non-hydrogen) atoms. The van der Waals surface area contributed by atoms with Crippen molar-refractivity contribution in [1.82, 2.24) is 10.6 Å². The van der Waals surface area contributed by atoms with Crippen LogP contribution in [0, 0.1) is 5.92 Å². The van der Waals surface area contributed by atoms with Gasteiger partial charge in [0.05, 0.1) is 6.04 Å². The van der Waals surface area contributed by atoms with E-state index in [1.807, 2.05) is 20.8 Å². The summed E-state index contributed by atoms with van der Waals surface area (Å²) >= 11 is 0. The van der Waals surface area contributed by atoms with E-state index in [4.69, 9.17) is 10.3 Å². The lowest BCUT2D eigenvalue weighted by Crippen LogP contribution is -2.51. The molecule has 8 heteroatoms. The lowest BCUT2D eigenvalue weighted by atomic mass is 9.81. The zero-order valence-corrected chi connectivity index (χ0v) is 15.4. The Morgan fingerprint density at radius 1 is 1.17 bits per heavy atom. The fourth-order valence-electron chi connectivity index (χ4n) is 2.68. The molecular weight excluding hydrogens is 310 g/mol. The molecule has 0 spiro atoms. The highest BCUT2D eigenvalue weighted by Crippen LogP contribution is 2.28. The molecule has 2 N–H and O–H groups in total. The van der Waals surface area contributed by atoms with Crippen LogP contribution >= 0.6 is 0 Å².